The molecule has 2 aromatic rings. The fourth-order valence-corrected chi connectivity index (χ4v) is 1.87. The molecule has 0 radical (unpaired) electrons. The molecule has 1 aromatic carbocycles. The predicted octanol–water partition coefficient (Wildman–Crippen LogP) is 3.77. The van der Waals surface area contributed by atoms with Gasteiger partial charge in [0.25, 0.3) is 0 Å². The number of aryl methyl sites for hydroxylation is 2. The maximum atomic E-state index is 4.07. The molecule has 0 saturated carbocycles. The van der Waals surface area contributed by atoms with E-state index in [-0.39, 0.29) is 0 Å². The third kappa shape index (κ3) is 2.04. The molecule has 0 unspecified atom stereocenters. The van der Waals surface area contributed by atoms with Gasteiger partial charge in [-0.2, -0.15) is 5.10 Å². The van der Waals surface area contributed by atoms with Gasteiger partial charge in [0.2, 0.25) is 0 Å². The lowest BCUT2D eigenvalue weighted by molar-refractivity contribution is 1.11. The van der Waals surface area contributed by atoms with Crippen molar-refractivity contribution in [2.75, 3.05) is 0 Å². The van der Waals surface area contributed by atoms with E-state index in [1.54, 1.807) is 0 Å². The van der Waals surface area contributed by atoms with E-state index in [0.717, 1.165) is 11.9 Å². The minimum atomic E-state index is 1.07. The van der Waals surface area contributed by atoms with Gasteiger partial charge in [-0.25, -0.2) is 0 Å². The molecule has 0 saturated heterocycles. The second-order valence-corrected chi connectivity index (χ2v) is 3.48. The number of hydrogen-bond acceptors (Lipinski definition) is 1. The Labute approximate surface area is 91.7 Å². The zero-order valence-corrected chi connectivity index (χ0v) is 10.3. The summed E-state index contributed by atoms with van der Waals surface area (Å²) in [6.45, 7) is 10.5. The van der Waals surface area contributed by atoms with E-state index in [1.807, 2.05) is 20.0 Å². The molecule has 2 heteroatoms. The summed E-state index contributed by atoms with van der Waals surface area (Å²) >= 11 is 0. The van der Waals surface area contributed by atoms with Gasteiger partial charge in [-0.3, -0.25) is 5.10 Å². The molecule has 0 aliphatic rings. The van der Waals surface area contributed by atoms with E-state index >= 15 is 0 Å². The highest BCUT2D eigenvalue weighted by Gasteiger charge is 2.06. The molecule has 2 rings (SSSR count). The SMILES string of the molecule is CC.CCc1c(C)c(C)cc2[nH]ncc12. The number of aromatic nitrogens is 2. The molecule has 82 valence electrons. The zero-order chi connectivity index (χ0) is 11.4. The maximum absolute atomic E-state index is 4.07. The molecular formula is C13H20N2. The topological polar surface area (TPSA) is 28.7 Å². The smallest absolute Gasteiger partial charge is 0.0655 e. The Morgan fingerprint density at radius 1 is 1.27 bits per heavy atom. The third-order valence-corrected chi connectivity index (χ3v) is 2.75. The van der Waals surface area contributed by atoms with Crippen LogP contribution in [0.2, 0.25) is 0 Å². The van der Waals surface area contributed by atoms with Crippen LogP contribution in [0, 0.1) is 13.8 Å². The minimum Gasteiger partial charge on any atom is -0.278 e. The van der Waals surface area contributed by atoms with Crippen molar-refractivity contribution in [2.45, 2.75) is 41.0 Å². The molecule has 0 spiro atoms. The number of nitrogens with one attached hydrogen (secondary N) is 1. The highest BCUT2D eigenvalue weighted by atomic mass is 15.1. The number of hydrogen-bond donors (Lipinski definition) is 1. The number of rotatable bonds is 1. The van der Waals surface area contributed by atoms with Crippen LogP contribution in [0.5, 0.6) is 0 Å². The van der Waals surface area contributed by atoms with E-state index in [0.29, 0.717) is 0 Å². The Morgan fingerprint density at radius 3 is 2.53 bits per heavy atom. The van der Waals surface area contributed by atoms with Gasteiger partial charge in [0, 0.05) is 5.39 Å². The highest BCUT2D eigenvalue weighted by molar-refractivity contribution is 5.83. The van der Waals surface area contributed by atoms with Crippen LogP contribution in [-0.2, 0) is 6.42 Å². The van der Waals surface area contributed by atoms with Gasteiger partial charge in [0.15, 0.2) is 0 Å². The first kappa shape index (κ1) is 11.8. The molecule has 0 aliphatic heterocycles. The molecule has 0 amide bonds. The largest absolute Gasteiger partial charge is 0.278 e. The van der Waals surface area contributed by atoms with Gasteiger partial charge < -0.3 is 0 Å². The van der Waals surface area contributed by atoms with Gasteiger partial charge in [-0.15, -0.1) is 0 Å². The zero-order valence-electron chi connectivity index (χ0n) is 10.3. The van der Waals surface area contributed by atoms with Gasteiger partial charge in [-0.05, 0) is 43.0 Å². The van der Waals surface area contributed by atoms with Crippen molar-refractivity contribution in [3.63, 3.8) is 0 Å². The molecule has 0 bridgehead atoms. The molecule has 0 aliphatic carbocycles. The first-order valence-electron chi connectivity index (χ1n) is 5.66. The fraction of sp³-hybridized carbons (Fsp3) is 0.462. The van der Waals surface area contributed by atoms with E-state index < -0.39 is 0 Å². The molecular weight excluding hydrogens is 184 g/mol. The normalized spacial score (nSPS) is 9.93. The van der Waals surface area contributed by atoms with Crippen LogP contribution in [-0.4, -0.2) is 10.2 Å². The van der Waals surface area contributed by atoms with Crippen molar-refractivity contribution in [3.05, 3.63) is 29.0 Å². The summed E-state index contributed by atoms with van der Waals surface area (Å²) in [6.07, 6.45) is 2.99. The lowest BCUT2D eigenvalue weighted by Gasteiger charge is -2.07. The number of nitrogens with zero attached hydrogens (tertiary/aromatic N) is 1. The summed E-state index contributed by atoms with van der Waals surface area (Å²) in [4.78, 5) is 0. The van der Waals surface area contributed by atoms with E-state index in [2.05, 4.69) is 37.0 Å². The van der Waals surface area contributed by atoms with Gasteiger partial charge >= 0.3 is 0 Å². The Kier molecular flexibility index (Phi) is 3.89. The van der Waals surface area contributed by atoms with E-state index in [1.165, 1.54) is 22.1 Å². The summed E-state index contributed by atoms with van der Waals surface area (Å²) in [5.74, 6) is 0. The highest BCUT2D eigenvalue weighted by Crippen LogP contribution is 2.23. The van der Waals surface area contributed by atoms with Crippen LogP contribution in [0.15, 0.2) is 12.3 Å². The van der Waals surface area contributed by atoms with Crippen LogP contribution in [0.1, 0.15) is 37.5 Å². The average molecular weight is 204 g/mol. The third-order valence-electron chi connectivity index (χ3n) is 2.75. The molecule has 15 heavy (non-hydrogen) atoms. The molecule has 1 aromatic heterocycles. The van der Waals surface area contributed by atoms with Crippen molar-refractivity contribution in [3.8, 4) is 0 Å². The van der Waals surface area contributed by atoms with Crippen LogP contribution < -0.4 is 0 Å². The minimum absolute atomic E-state index is 1.07. The Morgan fingerprint density at radius 2 is 1.93 bits per heavy atom. The van der Waals surface area contributed by atoms with Crippen molar-refractivity contribution >= 4 is 10.9 Å². The van der Waals surface area contributed by atoms with E-state index in [4.69, 9.17) is 0 Å². The summed E-state index contributed by atoms with van der Waals surface area (Å²) in [5.41, 5.74) is 5.31. The Bertz CT molecular complexity index is 441. The van der Waals surface area contributed by atoms with Gasteiger partial charge in [0.1, 0.15) is 0 Å². The Balaban J connectivity index is 0.000000531. The lowest BCUT2D eigenvalue weighted by atomic mass is 9.98. The first-order chi connectivity index (χ1) is 7.24. The standard InChI is InChI=1S/C11H14N2.C2H6/c1-4-9-8(3)7(2)5-11-10(9)6-12-13-11;1-2/h5-6H,4H2,1-3H3,(H,12,13);1-2H3. The van der Waals surface area contributed by atoms with Crippen LogP contribution >= 0.6 is 0 Å². The monoisotopic (exact) mass is 204 g/mol. The number of fused-ring (bicyclic) bond motifs is 1. The quantitative estimate of drug-likeness (QED) is 0.752. The lowest BCUT2D eigenvalue weighted by Crippen LogP contribution is -1.91. The molecule has 2 nitrogen and oxygen atoms in total. The van der Waals surface area contributed by atoms with Crippen molar-refractivity contribution in [2.24, 2.45) is 0 Å². The second-order valence-electron chi connectivity index (χ2n) is 3.48. The molecule has 0 fully saturated rings. The fourth-order valence-electron chi connectivity index (χ4n) is 1.87. The van der Waals surface area contributed by atoms with Crippen molar-refractivity contribution < 1.29 is 0 Å². The number of benzene rings is 1. The van der Waals surface area contributed by atoms with Crippen molar-refractivity contribution in [1.29, 1.82) is 0 Å². The predicted molar refractivity (Wildman–Crippen MR) is 66.3 cm³/mol. The van der Waals surface area contributed by atoms with Crippen LogP contribution in [0.25, 0.3) is 10.9 Å². The van der Waals surface area contributed by atoms with Crippen LogP contribution in [0.3, 0.4) is 0 Å². The average Bonchev–Trinajstić information content (AvgIpc) is 2.70. The first-order valence-corrected chi connectivity index (χ1v) is 5.66. The van der Waals surface area contributed by atoms with Gasteiger partial charge in [-0.1, -0.05) is 20.8 Å². The van der Waals surface area contributed by atoms with Gasteiger partial charge in [0.05, 0.1) is 11.7 Å². The second kappa shape index (κ2) is 4.96. The summed E-state index contributed by atoms with van der Waals surface area (Å²) in [5, 5.41) is 8.35. The summed E-state index contributed by atoms with van der Waals surface area (Å²) in [7, 11) is 0. The maximum Gasteiger partial charge on any atom is 0.0655 e. The van der Waals surface area contributed by atoms with Crippen molar-refractivity contribution in [1.82, 2.24) is 10.2 Å². The van der Waals surface area contributed by atoms with Crippen LogP contribution in [0.4, 0.5) is 0 Å². The number of aromatic amines is 1. The number of H-pyrrole nitrogens is 1. The molecule has 0 atom stereocenters. The Hall–Kier alpha value is -1.31. The van der Waals surface area contributed by atoms with E-state index in [9.17, 15) is 0 Å². The molecule has 1 heterocycles. The molecule has 1 N–H and O–H groups in total. The summed E-state index contributed by atoms with van der Waals surface area (Å²) < 4.78 is 0. The summed E-state index contributed by atoms with van der Waals surface area (Å²) in [6, 6.07) is 2.16.